The van der Waals surface area contributed by atoms with Gasteiger partial charge in [0.25, 0.3) is 0 Å². The summed E-state index contributed by atoms with van der Waals surface area (Å²) in [6.45, 7) is 4.25. The fourth-order valence-electron chi connectivity index (χ4n) is 5.57. The summed E-state index contributed by atoms with van der Waals surface area (Å²) >= 11 is 1.58. The lowest BCUT2D eigenvalue weighted by Gasteiger charge is -2.22. The molecular weight excluding hydrogens is 548 g/mol. The highest BCUT2D eigenvalue weighted by Gasteiger charge is 2.23. The number of nitrogens with one attached hydrogen (secondary N) is 1. The fourth-order valence-corrected chi connectivity index (χ4v) is 6.38. The minimum absolute atomic E-state index is 0.101. The second-order valence-corrected chi connectivity index (χ2v) is 11.6. The highest BCUT2D eigenvalue weighted by atomic mass is 32.2. The molecule has 1 aliphatic heterocycles. The summed E-state index contributed by atoms with van der Waals surface area (Å²) in [5.74, 6) is 3.55. The molecule has 218 valence electrons. The van der Waals surface area contributed by atoms with Gasteiger partial charge in [-0.1, -0.05) is 24.3 Å². The highest BCUT2D eigenvalue weighted by molar-refractivity contribution is 7.99. The highest BCUT2D eigenvalue weighted by Crippen LogP contribution is 2.38. The van der Waals surface area contributed by atoms with E-state index in [-0.39, 0.29) is 6.61 Å². The molecule has 5 aromatic rings. The van der Waals surface area contributed by atoms with Crippen LogP contribution >= 0.6 is 11.8 Å². The molecule has 0 saturated carbocycles. The number of aliphatic hydroxyl groups is 1. The Kier molecular flexibility index (Phi) is 8.46. The SMILES string of the molecule is COc1ccc(-c2c(C)nn3c(NCc4cccc(-c5nccn5C)c4)cc(C4CCOCC4)nc23)cc1SCCO. The lowest BCUT2D eigenvalue weighted by molar-refractivity contribution is 0.0845. The number of methoxy groups -OCH3 is 1. The predicted molar refractivity (Wildman–Crippen MR) is 166 cm³/mol. The maximum absolute atomic E-state index is 9.42. The summed E-state index contributed by atoms with van der Waals surface area (Å²) in [7, 11) is 3.68. The molecule has 6 rings (SSSR count). The molecule has 0 bridgehead atoms. The van der Waals surface area contributed by atoms with E-state index in [4.69, 9.17) is 19.6 Å². The van der Waals surface area contributed by atoms with E-state index in [0.717, 1.165) is 87.6 Å². The maximum Gasteiger partial charge on any atom is 0.165 e. The Morgan fingerprint density at radius 2 is 1.98 bits per heavy atom. The normalized spacial score (nSPS) is 14.0. The van der Waals surface area contributed by atoms with Crippen LogP contribution in [0.2, 0.25) is 0 Å². The summed E-state index contributed by atoms with van der Waals surface area (Å²) in [6, 6.07) is 16.8. The molecular formula is C32H36N6O3S. The second kappa shape index (κ2) is 12.6. The van der Waals surface area contributed by atoms with Gasteiger partial charge in [-0.3, -0.25) is 0 Å². The van der Waals surface area contributed by atoms with Crippen LogP contribution in [0.1, 0.15) is 35.7 Å². The molecule has 0 aliphatic carbocycles. The van der Waals surface area contributed by atoms with Crippen molar-refractivity contribution in [1.29, 1.82) is 0 Å². The van der Waals surface area contributed by atoms with E-state index >= 15 is 0 Å². The van der Waals surface area contributed by atoms with Crippen LogP contribution in [-0.4, -0.2) is 61.9 Å². The van der Waals surface area contributed by atoms with E-state index in [1.165, 1.54) is 0 Å². The minimum atomic E-state index is 0.101. The standard InChI is InChI=1S/C32H36N6O3S/c1-21-30(24-7-8-27(40-3)28(18-24)42-16-13-39)32-35-26(23-9-14-41-15-10-23)19-29(38(32)36-21)34-20-22-5-4-6-25(17-22)31-33-11-12-37(31)2/h4-8,11-12,17-19,23,34,39H,9-10,13-16,20H2,1-3H3. The van der Waals surface area contributed by atoms with Crippen LogP contribution in [0.3, 0.4) is 0 Å². The van der Waals surface area contributed by atoms with Crippen LogP contribution in [-0.2, 0) is 18.3 Å². The smallest absolute Gasteiger partial charge is 0.165 e. The molecule has 1 aliphatic rings. The molecule has 0 atom stereocenters. The van der Waals surface area contributed by atoms with Gasteiger partial charge < -0.3 is 24.5 Å². The number of fused-ring (bicyclic) bond motifs is 1. The Labute approximate surface area is 249 Å². The van der Waals surface area contributed by atoms with Crippen molar-refractivity contribution >= 4 is 23.2 Å². The van der Waals surface area contributed by atoms with Crippen molar-refractivity contribution in [1.82, 2.24) is 24.1 Å². The van der Waals surface area contributed by atoms with Crippen LogP contribution in [0.4, 0.5) is 5.82 Å². The molecule has 3 aromatic heterocycles. The first-order valence-corrected chi connectivity index (χ1v) is 15.2. The van der Waals surface area contributed by atoms with Gasteiger partial charge in [-0.15, -0.1) is 11.8 Å². The molecule has 0 spiro atoms. The molecule has 42 heavy (non-hydrogen) atoms. The zero-order valence-electron chi connectivity index (χ0n) is 24.2. The van der Waals surface area contributed by atoms with Gasteiger partial charge in [0.15, 0.2) is 5.65 Å². The van der Waals surface area contributed by atoms with Crippen molar-refractivity contribution in [3.05, 3.63) is 77.9 Å². The zero-order chi connectivity index (χ0) is 29.1. The molecule has 0 unspecified atom stereocenters. The van der Waals surface area contributed by atoms with Crippen molar-refractivity contribution in [3.63, 3.8) is 0 Å². The molecule has 1 saturated heterocycles. The molecule has 10 heteroatoms. The number of imidazole rings is 1. The van der Waals surface area contributed by atoms with Gasteiger partial charge in [0, 0.05) is 73.8 Å². The first-order valence-electron chi connectivity index (χ1n) is 14.3. The summed E-state index contributed by atoms with van der Waals surface area (Å²) in [4.78, 5) is 10.7. The van der Waals surface area contributed by atoms with Gasteiger partial charge in [0.05, 0.1) is 24.3 Å². The summed E-state index contributed by atoms with van der Waals surface area (Å²) in [5.41, 5.74) is 7.03. The Balaban J connectivity index is 1.40. The number of benzene rings is 2. The van der Waals surface area contributed by atoms with E-state index in [2.05, 4.69) is 52.8 Å². The van der Waals surface area contributed by atoms with Crippen LogP contribution in [0, 0.1) is 6.92 Å². The van der Waals surface area contributed by atoms with Gasteiger partial charge in [-0.2, -0.15) is 9.61 Å². The number of hydrogen-bond acceptors (Lipinski definition) is 8. The first-order chi connectivity index (χ1) is 20.6. The number of rotatable bonds is 10. The van der Waals surface area contributed by atoms with Crippen LogP contribution < -0.4 is 10.1 Å². The third kappa shape index (κ3) is 5.74. The molecule has 2 aromatic carbocycles. The van der Waals surface area contributed by atoms with Gasteiger partial charge >= 0.3 is 0 Å². The van der Waals surface area contributed by atoms with E-state index in [1.54, 1.807) is 18.9 Å². The summed E-state index contributed by atoms with van der Waals surface area (Å²) < 4.78 is 15.2. The fraction of sp³-hybridized carbons (Fsp3) is 0.344. The zero-order valence-corrected chi connectivity index (χ0v) is 25.0. The minimum Gasteiger partial charge on any atom is -0.496 e. The molecule has 4 heterocycles. The summed E-state index contributed by atoms with van der Waals surface area (Å²) in [6.07, 6.45) is 5.67. The van der Waals surface area contributed by atoms with Crippen molar-refractivity contribution in [3.8, 4) is 28.3 Å². The number of thioether (sulfide) groups is 1. The van der Waals surface area contributed by atoms with E-state index in [9.17, 15) is 5.11 Å². The molecule has 0 radical (unpaired) electrons. The van der Waals surface area contributed by atoms with Crippen molar-refractivity contribution < 1.29 is 14.6 Å². The second-order valence-electron chi connectivity index (χ2n) is 10.5. The molecule has 2 N–H and O–H groups in total. The maximum atomic E-state index is 9.42. The quantitative estimate of drug-likeness (QED) is 0.202. The molecule has 1 fully saturated rings. The third-order valence-electron chi connectivity index (χ3n) is 7.70. The Hall–Kier alpha value is -3.86. The average Bonchev–Trinajstić information content (AvgIpc) is 3.61. The van der Waals surface area contributed by atoms with Gasteiger partial charge in [-0.25, -0.2) is 9.97 Å². The number of aryl methyl sites for hydroxylation is 2. The number of aliphatic hydroxyl groups excluding tert-OH is 1. The average molecular weight is 585 g/mol. The number of hydrogen-bond donors (Lipinski definition) is 2. The summed E-state index contributed by atoms with van der Waals surface area (Å²) in [5, 5.41) is 18.1. The van der Waals surface area contributed by atoms with Gasteiger partial charge in [-0.05, 0) is 49.1 Å². The first kappa shape index (κ1) is 28.3. The third-order valence-corrected chi connectivity index (χ3v) is 8.72. The lowest BCUT2D eigenvalue weighted by atomic mass is 9.96. The largest absolute Gasteiger partial charge is 0.496 e. The van der Waals surface area contributed by atoms with Crippen molar-refractivity contribution in [2.24, 2.45) is 7.05 Å². The van der Waals surface area contributed by atoms with E-state index in [0.29, 0.717) is 18.2 Å². The topological polar surface area (TPSA) is 98.7 Å². The number of anilines is 1. The van der Waals surface area contributed by atoms with Crippen molar-refractivity contribution in [2.75, 3.05) is 38.0 Å². The van der Waals surface area contributed by atoms with Gasteiger partial charge in [0.2, 0.25) is 0 Å². The lowest BCUT2D eigenvalue weighted by Crippen LogP contribution is -2.16. The number of aromatic nitrogens is 5. The number of nitrogens with zero attached hydrogens (tertiary/aromatic N) is 5. The molecule has 9 nitrogen and oxygen atoms in total. The Morgan fingerprint density at radius 3 is 2.74 bits per heavy atom. The van der Waals surface area contributed by atoms with Crippen LogP contribution in [0.15, 0.2) is 65.8 Å². The Morgan fingerprint density at radius 1 is 1.12 bits per heavy atom. The van der Waals surface area contributed by atoms with Crippen molar-refractivity contribution in [2.45, 2.75) is 37.1 Å². The predicted octanol–water partition coefficient (Wildman–Crippen LogP) is 5.70. The van der Waals surface area contributed by atoms with E-state index < -0.39 is 0 Å². The number of ether oxygens (including phenoxy) is 2. The monoisotopic (exact) mass is 584 g/mol. The molecule has 0 amide bonds. The van der Waals surface area contributed by atoms with Crippen LogP contribution in [0.5, 0.6) is 5.75 Å². The Bertz CT molecular complexity index is 1690. The van der Waals surface area contributed by atoms with E-state index in [1.807, 2.05) is 41.5 Å². The van der Waals surface area contributed by atoms with Gasteiger partial charge in [0.1, 0.15) is 17.4 Å². The van der Waals surface area contributed by atoms with Crippen LogP contribution in [0.25, 0.3) is 28.2 Å².